The van der Waals surface area contributed by atoms with Crippen LogP contribution in [0.2, 0.25) is 0 Å². The Hall–Kier alpha value is -2.85. The van der Waals surface area contributed by atoms with Crippen LogP contribution in [0.25, 0.3) is 0 Å². The highest BCUT2D eigenvalue weighted by Gasteiger charge is 2.27. The summed E-state index contributed by atoms with van der Waals surface area (Å²) in [5, 5.41) is 18.3. The van der Waals surface area contributed by atoms with Crippen molar-refractivity contribution in [3.05, 3.63) is 85.1 Å². The lowest BCUT2D eigenvalue weighted by Gasteiger charge is -2.20. The fraction of sp³-hybridized carbons (Fsp3) is 0.619. The predicted octanol–water partition coefficient (Wildman–Crippen LogP) is 9.88. The average molecular weight is 765 g/mol. The number of rotatable bonds is 35. The maximum Gasteiger partial charge on any atom is 0.472 e. The van der Waals surface area contributed by atoms with Gasteiger partial charge in [-0.05, 0) is 77.0 Å². The molecule has 302 valence electrons. The zero-order valence-electron chi connectivity index (χ0n) is 32.4. The van der Waals surface area contributed by atoms with Crippen molar-refractivity contribution in [1.29, 1.82) is 0 Å². The fourth-order valence-corrected chi connectivity index (χ4v) is 5.32. The Balaban J connectivity index is 4.51. The van der Waals surface area contributed by atoms with Gasteiger partial charge in [0.25, 0.3) is 0 Å². The van der Waals surface area contributed by atoms with Crippen LogP contribution >= 0.6 is 7.82 Å². The van der Waals surface area contributed by atoms with Crippen LogP contribution in [-0.4, -0.2) is 65.7 Å². The van der Waals surface area contributed by atoms with Crippen LogP contribution in [0.5, 0.6) is 0 Å². The maximum absolute atomic E-state index is 12.5. The van der Waals surface area contributed by atoms with E-state index in [0.717, 1.165) is 77.0 Å². The highest BCUT2D eigenvalue weighted by Crippen LogP contribution is 2.43. The minimum atomic E-state index is -4.64. The summed E-state index contributed by atoms with van der Waals surface area (Å²) < 4.78 is 32.5. The van der Waals surface area contributed by atoms with Crippen molar-refractivity contribution in [3.63, 3.8) is 0 Å². The molecule has 0 spiro atoms. The van der Waals surface area contributed by atoms with Gasteiger partial charge in [0.1, 0.15) is 12.7 Å². The van der Waals surface area contributed by atoms with Gasteiger partial charge in [-0.25, -0.2) is 4.57 Å². The van der Waals surface area contributed by atoms with E-state index in [9.17, 15) is 24.2 Å². The first-order valence-electron chi connectivity index (χ1n) is 19.5. The summed E-state index contributed by atoms with van der Waals surface area (Å²) in [4.78, 5) is 34.8. The molecule has 0 radical (unpaired) electrons. The summed E-state index contributed by atoms with van der Waals surface area (Å²) >= 11 is 0. The van der Waals surface area contributed by atoms with Crippen LogP contribution in [0.1, 0.15) is 129 Å². The number of hydrogen-bond acceptors (Lipinski definition) is 9. The molecule has 0 aliphatic carbocycles. The van der Waals surface area contributed by atoms with E-state index in [1.165, 1.54) is 6.42 Å². The second kappa shape index (κ2) is 37.5. The molecule has 0 saturated heterocycles. The van der Waals surface area contributed by atoms with Gasteiger partial charge in [0.05, 0.1) is 19.8 Å². The topological polar surface area (TPSA) is 149 Å². The van der Waals surface area contributed by atoms with Gasteiger partial charge >= 0.3 is 19.8 Å². The molecule has 0 bridgehead atoms. The molecule has 10 nitrogen and oxygen atoms in total. The molecule has 0 aromatic carbocycles. The van der Waals surface area contributed by atoms with Crippen molar-refractivity contribution in [3.8, 4) is 0 Å². The van der Waals surface area contributed by atoms with Gasteiger partial charge < -0.3 is 24.6 Å². The van der Waals surface area contributed by atoms with E-state index in [1.807, 2.05) is 12.2 Å². The third-order valence-corrected chi connectivity index (χ3v) is 8.47. The Morgan fingerprint density at radius 3 is 1.62 bits per heavy atom. The van der Waals surface area contributed by atoms with Crippen LogP contribution in [0.4, 0.5) is 0 Å². The molecule has 0 aromatic rings. The summed E-state index contributed by atoms with van der Waals surface area (Å²) in [7, 11) is -4.64. The number of phosphoric ester groups is 1. The lowest BCUT2D eigenvalue weighted by molar-refractivity contribution is -0.161. The first-order valence-corrected chi connectivity index (χ1v) is 21.0. The van der Waals surface area contributed by atoms with E-state index in [2.05, 4.69) is 91.3 Å². The zero-order valence-corrected chi connectivity index (χ0v) is 33.3. The Morgan fingerprint density at radius 2 is 1.06 bits per heavy atom. The summed E-state index contributed by atoms with van der Waals surface area (Å²) in [6.07, 6.45) is 42.7. The Labute approximate surface area is 320 Å². The number of allylic oxidation sites excluding steroid dienone is 14. The average Bonchev–Trinajstić information content (AvgIpc) is 3.14. The first kappa shape index (κ1) is 50.1. The Kier molecular flexibility index (Phi) is 35.5. The lowest BCUT2D eigenvalue weighted by atomic mass is 10.1. The van der Waals surface area contributed by atoms with E-state index in [1.54, 1.807) is 0 Å². The van der Waals surface area contributed by atoms with Gasteiger partial charge in [0.2, 0.25) is 0 Å². The standard InChI is InChI=1S/C42H69O10P/c1-3-5-7-9-11-13-15-17-18-19-20-22-24-26-28-30-32-34-42(46)52-40(38-51-53(47,48)50-36-39(44)35-43)37-49-41(45)33-31-29-27-25-23-21-16-14-12-10-8-6-4-2/h5,7-8,10-11,13-14,16-18,20,22,26,28,39-40,43-44H,3-4,6,9,12,15,19,21,23-25,27,29-38H2,1-2H3,(H,47,48)/b7-5-,10-8-,13-11-,16-14-,18-17-,22-20-,28-26-. The third kappa shape index (κ3) is 37.3. The molecule has 0 fully saturated rings. The molecule has 0 aromatic heterocycles. The summed E-state index contributed by atoms with van der Waals surface area (Å²) in [6.45, 7) is 2.08. The smallest absolute Gasteiger partial charge is 0.462 e. The zero-order chi connectivity index (χ0) is 39.1. The van der Waals surface area contributed by atoms with E-state index >= 15 is 0 Å². The normalized spacial score (nSPS) is 14.9. The molecule has 0 rings (SSSR count). The largest absolute Gasteiger partial charge is 0.472 e. The van der Waals surface area contributed by atoms with E-state index < -0.39 is 51.8 Å². The number of carbonyl (C=O) groups is 2. The van der Waals surface area contributed by atoms with Crippen molar-refractivity contribution in [2.45, 2.75) is 142 Å². The molecule has 0 aliphatic rings. The van der Waals surface area contributed by atoms with Gasteiger partial charge in [-0.3, -0.25) is 18.6 Å². The molecule has 3 unspecified atom stereocenters. The SMILES string of the molecule is CC/C=C\C/C=C\C/C=C\C/C=C\C/C=C\CCCC(=O)OC(COC(=O)CCCCCCC/C=C\C/C=C\CCC)COP(=O)(O)OCC(O)CO. The molecule has 53 heavy (non-hydrogen) atoms. The first-order chi connectivity index (χ1) is 25.7. The maximum atomic E-state index is 12.5. The van der Waals surface area contributed by atoms with E-state index in [-0.39, 0.29) is 19.4 Å². The van der Waals surface area contributed by atoms with Crippen LogP contribution in [0, 0.1) is 0 Å². The highest BCUT2D eigenvalue weighted by molar-refractivity contribution is 7.47. The third-order valence-electron chi connectivity index (χ3n) is 7.51. The number of hydrogen-bond donors (Lipinski definition) is 3. The Bertz CT molecular complexity index is 1150. The van der Waals surface area contributed by atoms with Crippen LogP contribution in [0.15, 0.2) is 85.1 Å². The summed E-state index contributed by atoms with van der Waals surface area (Å²) in [5.41, 5.74) is 0. The van der Waals surface area contributed by atoms with Gasteiger partial charge in [0, 0.05) is 12.8 Å². The number of unbranched alkanes of at least 4 members (excludes halogenated alkanes) is 7. The van der Waals surface area contributed by atoms with Crippen molar-refractivity contribution in [2.75, 3.05) is 26.4 Å². The number of phosphoric acid groups is 1. The fourth-order valence-electron chi connectivity index (χ4n) is 4.53. The van der Waals surface area contributed by atoms with Crippen LogP contribution in [-0.2, 0) is 32.7 Å². The molecular formula is C42H69O10P. The number of esters is 2. The van der Waals surface area contributed by atoms with Crippen LogP contribution < -0.4 is 0 Å². The lowest BCUT2D eigenvalue weighted by Crippen LogP contribution is -2.29. The van der Waals surface area contributed by atoms with Crippen molar-refractivity contribution < 1.29 is 47.8 Å². The molecule has 0 aliphatic heterocycles. The van der Waals surface area contributed by atoms with Crippen molar-refractivity contribution in [2.24, 2.45) is 0 Å². The molecule has 3 N–H and O–H groups in total. The van der Waals surface area contributed by atoms with Crippen LogP contribution in [0.3, 0.4) is 0 Å². The van der Waals surface area contributed by atoms with Gasteiger partial charge in [-0.1, -0.05) is 125 Å². The number of carbonyl (C=O) groups excluding carboxylic acids is 2. The molecule has 0 saturated carbocycles. The minimum absolute atomic E-state index is 0.0978. The molecular weight excluding hydrogens is 695 g/mol. The highest BCUT2D eigenvalue weighted by atomic mass is 31.2. The van der Waals surface area contributed by atoms with E-state index in [4.69, 9.17) is 19.1 Å². The Morgan fingerprint density at radius 1 is 0.585 bits per heavy atom. The monoisotopic (exact) mass is 764 g/mol. The van der Waals surface area contributed by atoms with Gasteiger partial charge in [0.15, 0.2) is 6.10 Å². The molecule has 11 heteroatoms. The molecule has 0 amide bonds. The van der Waals surface area contributed by atoms with Gasteiger partial charge in [-0.15, -0.1) is 0 Å². The predicted molar refractivity (Wildman–Crippen MR) is 214 cm³/mol. The minimum Gasteiger partial charge on any atom is -0.462 e. The number of aliphatic hydroxyl groups is 2. The van der Waals surface area contributed by atoms with Crippen molar-refractivity contribution in [1.82, 2.24) is 0 Å². The summed E-state index contributed by atoms with van der Waals surface area (Å²) in [5.74, 6) is -1.02. The van der Waals surface area contributed by atoms with E-state index in [0.29, 0.717) is 19.3 Å². The second-order valence-corrected chi connectivity index (χ2v) is 14.0. The quantitative estimate of drug-likeness (QED) is 0.0246. The molecule has 0 heterocycles. The van der Waals surface area contributed by atoms with Crippen molar-refractivity contribution >= 4 is 19.8 Å². The second-order valence-electron chi connectivity index (χ2n) is 12.6. The summed E-state index contributed by atoms with van der Waals surface area (Å²) in [6, 6.07) is 0. The number of ether oxygens (including phenoxy) is 2. The number of aliphatic hydroxyl groups excluding tert-OH is 2. The van der Waals surface area contributed by atoms with Gasteiger partial charge in [-0.2, -0.15) is 0 Å². The molecule has 3 atom stereocenters.